The molecular weight excluding hydrogens is 412 g/mol. The number of fused-ring (bicyclic) bond motifs is 1. The number of nitrogens with one attached hydrogen (secondary N) is 2. The minimum Gasteiger partial charge on any atom is -0.385 e. The maximum Gasteiger partial charge on any atom is 0.166 e. The van der Waals surface area contributed by atoms with Crippen molar-refractivity contribution >= 4 is 33.7 Å². The highest BCUT2D eigenvalue weighted by Gasteiger charge is 2.16. The van der Waals surface area contributed by atoms with Gasteiger partial charge in [0.1, 0.15) is 0 Å². The number of carbonyl (C=O) groups excluding carboxylic acids is 1. The first-order chi connectivity index (χ1) is 16.2. The average Bonchev–Trinajstić information content (AvgIpc) is 2.84. The molecule has 6 nitrogen and oxygen atoms in total. The van der Waals surface area contributed by atoms with Crippen LogP contribution in [0.4, 0.5) is 17.1 Å². The van der Waals surface area contributed by atoms with Gasteiger partial charge in [-0.25, -0.2) is 0 Å². The number of pyridine rings is 1. The van der Waals surface area contributed by atoms with E-state index in [0.717, 1.165) is 85.8 Å². The third-order valence-electron chi connectivity index (χ3n) is 6.13. The third-order valence-corrected chi connectivity index (χ3v) is 6.13. The van der Waals surface area contributed by atoms with Crippen molar-refractivity contribution in [2.75, 3.05) is 50.0 Å². The van der Waals surface area contributed by atoms with Gasteiger partial charge in [-0.1, -0.05) is 25.1 Å². The van der Waals surface area contributed by atoms with Crippen molar-refractivity contribution in [1.82, 2.24) is 9.88 Å². The normalized spacial score (nSPS) is 14.4. The van der Waals surface area contributed by atoms with Crippen molar-refractivity contribution in [2.45, 2.75) is 33.1 Å². The van der Waals surface area contributed by atoms with Gasteiger partial charge in [0.25, 0.3) is 0 Å². The summed E-state index contributed by atoms with van der Waals surface area (Å²) < 4.78 is 5.43. The molecule has 4 rings (SSSR count). The van der Waals surface area contributed by atoms with Crippen LogP contribution in [0.3, 0.4) is 0 Å². The minimum absolute atomic E-state index is 0.117. The Morgan fingerprint density at radius 3 is 2.76 bits per heavy atom. The molecule has 3 aromatic rings. The zero-order valence-electron chi connectivity index (χ0n) is 19.7. The molecule has 0 radical (unpaired) electrons. The Bertz CT molecular complexity index is 1090. The lowest BCUT2D eigenvalue weighted by molar-refractivity contribution is 0.0378. The van der Waals surface area contributed by atoms with Crippen LogP contribution in [0.1, 0.15) is 42.1 Å². The molecule has 174 valence electrons. The number of benzene rings is 2. The molecule has 1 aliphatic heterocycles. The second-order valence-corrected chi connectivity index (χ2v) is 8.63. The fourth-order valence-corrected chi connectivity index (χ4v) is 4.22. The number of nitrogens with zero attached hydrogens (tertiary/aromatic N) is 2. The number of para-hydroxylation sites is 1. The lowest BCUT2D eigenvalue weighted by atomic mass is 10.0. The summed E-state index contributed by atoms with van der Waals surface area (Å²) in [6.45, 7) is 9.77. The van der Waals surface area contributed by atoms with Crippen molar-refractivity contribution in [3.8, 4) is 0 Å². The third kappa shape index (κ3) is 5.89. The van der Waals surface area contributed by atoms with E-state index in [1.165, 1.54) is 0 Å². The number of aromatic nitrogens is 1. The van der Waals surface area contributed by atoms with Crippen molar-refractivity contribution in [2.24, 2.45) is 0 Å². The summed E-state index contributed by atoms with van der Waals surface area (Å²) in [5.74, 6) is 0.117. The summed E-state index contributed by atoms with van der Waals surface area (Å²) in [6, 6.07) is 14.3. The highest BCUT2D eigenvalue weighted by Crippen LogP contribution is 2.33. The van der Waals surface area contributed by atoms with E-state index in [9.17, 15) is 4.79 Å². The van der Waals surface area contributed by atoms with Gasteiger partial charge in [0.15, 0.2) is 5.78 Å². The molecule has 1 aliphatic rings. The lowest BCUT2D eigenvalue weighted by Gasteiger charge is -2.26. The maximum atomic E-state index is 12.9. The number of anilines is 3. The maximum absolute atomic E-state index is 12.9. The summed E-state index contributed by atoms with van der Waals surface area (Å²) >= 11 is 0. The first-order valence-electron chi connectivity index (χ1n) is 12.0. The van der Waals surface area contributed by atoms with Crippen LogP contribution in [0.2, 0.25) is 0 Å². The number of hydrogen-bond acceptors (Lipinski definition) is 6. The van der Waals surface area contributed by atoms with E-state index < -0.39 is 0 Å². The van der Waals surface area contributed by atoms with Crippen molar-refractivity contribution < 1.29 is 9.53 Å². The predicted molar refractivity (Wildman–Crippen MR) is 136 cm³/mol. The highest BCUT2D eigenvalue weighted by atomic mass is 16.5. The van der Waals surface area contributed by atoms with Gasteiger partial charge in [-0.15, -0.1) is 0 Å². The van der Waals surface area contributed by atoms with Gasteiger partial charge in [0.05, 0.1) is 30.0 Å². The zero-order valence-corrected chi connectivity index (χ0v) is 19.7. The Morgan fingerprint density at radius 2 is 1.97 bits per heavy atom. The summed E-state index contributed by atoms with van der Waals surface area (Å²) in [6.07, 6.45) is 4.11. The van der Waals surface area contributed by atoms with Gasteiger partial charge in [0, 0.05) is 49.0 Å². The Labute approximate surface area is 196 Å². The summed E-state index contributed by atoms with van der Waals surface area (Å²) in [5.41, 5.74) is 5.53. The minimum atomic E-state index is 0.117. The molecule has 1 saturated heterocycles. The second kappa shape index (κ2) is 11.3. The van der Waals surface area contributed by atoms with E-state index >= 15 is 0 Å². The highest BCUT2D eigenvalue weighted by molar-refractivity contribution is 6.09. The molecule has 0 spiro atoms. The van der Waals surface area contributed by atoms with Crippen LogP contribution in [-0.4, -0.2) is 55.1 Å². The van der Waals surface area contributed by atoms with Crippen LogP contribution < -0.4 is 10.6 Å². The summed E-state index contributed by atoms with van der Waals surface area (Å²) in [4.78, 5) is 20.0. The van der Waals surface area contributed by atoms with Gasteiger partial charge < -0.3 is 15.4 Å². The van der Waals surface area contributed by atoms with Gasteiger partial charge in [-0.3, -0.25) is 14.7 Å². The largest absolute Gasteiger partial charge is 0.385 e. The fraction of sp³-hybridized carbons (Fsp3) is 0.407. The molecule has 0 unspecified atom stereocenters. The molecule has 1 aromatic heterocycles. The first-order valence-corrected chi connectivity index (χ1v) is 12.0. The van der Waals surface area contributed by atoms with Gasteiger partial charge in [0.2, 0.25) is 0 Å². The Kier molecular flexibility index (Phi) is 7.92. The number of Topliss-reactive ketones (excluding diaryl/α,β-unsaturated/α-hetero) is 1. The molecule has 0 bridgehead atoms. The van der Waals surface area contributed by atoms with Crippen molar-refractivity contribution in [1.29, 1.82) is 0 Å². The van der Waals surface area contributed by atoms with Crippen LogP contribution in [0.25, 0.3) is 10.9 Å². The van der Waals surface area contributed by atoms with Gasteiger partial charge in [-0.2, -0.15) is 0 Å². The van der Waals surface area contributed by atoms with Crippen LogP contribution in [0.5, 0.6) is 0 Å². The van der Waals surface area contributed by atoms with Crippen LogP contribution in [0.15, 0.2) is 48.7 Å². The Hall–Kier alpha value is -2.96. The monoisotopic (exact) mass is 446 g/mol. The fourth-order valence-electron chi connectivity index (χ4n) is 4.22. The molecule has 2 N–H and O–H groups in total. The lowest BCUT2D eigenvalue weighted by Crippen LogP contribution is -2.37. The van der Waals surface area contributed by atoms with Crippen molar-refractivity contribution in [3.63, 3.8) is 0 Å². The number of morpholine rings is 1. The molecule has 2 heterocycles. The molecule has 1 fully saturated rings. The first kappa shape index (κ1) is 23.2. The molecule has 2 aromatic carbocycles. The molecule has 0 atom stereocenters. The number of ether oxygens (including phenoxy) is 1. The number of aryl methyl sites for hydroxylation is 1. The SMILES string of the molecule is CCCC(=O)c1cnc2ccc(NCCCN3CCOCC3)cc2c1Nc1ccccc1C. The zero-order chi connectivity index (χ0) is 23.0. The predicted octanol–water partition coefficient (Wildman–Crippen LogP) is 5.40. The molecule has 0 aliphatic carbocycles. The van der Waals surface area contributed by atoms with E-state index in [4.69, 9.17) is 4.74 Å². The van der Waals surface area contributed by atoms with Crippen LogP contribution in [0, 0.1) is 6.92 Å². The van der Waals surface area contributed by atoms with E-state index in [2.05, 4.69) is 45.6 Å². The summed E-state index contributed by atoms with van der Waals surface area (Å²) in [7, 11) is 0. The molecule has 33 heavy (non-hydrogen) atoms. The van der Waals surface area contributed by atoms with E-state index in [-0.39, 0.29) is 5.78 Å². The number of ketones is 1. The number of carbonyl (C=O) groups is 1. The standard InChI is InChI=1S/C27H34N4O2/c1-3-7-26(32)23-19-29-25-11-10-21(28-12-6-13-31-14-16-33-17-15-31)18-22(25)27(23)30-24-9-5-4-8-20(24)2/h4-5,8-11,18-19,28H,3,6-7,12-17H2,1-2H3,(H,29,30). The van der Waals surface area contributed by atoms with E-state index in [0.29, 0.717) is 12.0 Å². The molecule has 6 heteroatoms. The molecular formula is C27H34N4O2. The molecule has 0 saturated carbocycles. The van der Waals surface area contributed by atoms with Crippen molar-refractivity contribution in [3.05, 3.63) is 59.8 Å². The van der Waals surface area contributed by atoms with Crippen LogP contribution in [-0.2, 0) is 4.74 Å². The van der Waals surface area contributed by atoms with Gasteiger partial charge >= 0.3 is 0 Å². The Morgan fingerprint density at radius 1 is 1.15 bits per heavy atom. The number of hydrogen-bond donors (Lipinski definition) is 2. The quantitative estimate of drug-likeness (QED) is 0.321. The average molecular weight is 447 g/mol. The Balaban J connectivity index is 1.58. The number of rotatable bonds is 10. The van der Waals surface area contributed by atoms with Crippen LogP contribution >= 0.6 is 0 Å². The van der Waals surface area contributed by atoms with E-state index in [1.54, 1.807) is 6.20 Å². The second-order valence-electron chi connectivity index (χ2n) is 8.63. The molecule has 0 amide bonds. The topological polar surface area (TPSA) is 66.5 Å². The van der Waals surface area contributed by atoms with E-state index in [1.807, 2.05) is 31.2 Å². The summed E-state index contributed by atoms with van der Waals surface area (Å²) in [5, 5.41) is 8.06. The van der Waals surface area contributed by atoms with Gasteiger partial charge in [-0.05, 0) is 56.1 Å². The smallest absolute Gasteiger partial charge is 0.166 e.